The number of hydrogen-bond donors (Lipinski definition) is 2. The molecule has 3 N–H and O–H groups in total. The molecule has 0 atom stereocenters. The number of alkyl halides is 2. The van der Waals surface area contributed by atoms with Crippen molar-refractivity contribution in [3.63, 3.8) is 0 Å². The van der Waals surface area contributed by atoms with Crippen LogP contribution in [0.25, 0.3) is 11.0 Å². The number of hydrogen-bond acceptors (Lipinski definition) is 8. The number of pyridine rings is 1. The largest absolute Gasteiger partial charge is 0.453 e. The van der Waals surface area contributed by atoms with Crippen LogP contribution in [0.5, 0.6) is 0 Å². The second-order valence-corrected chi connectivity index (χ2v) is 8.63. The van der Waals surface area contributed by atoms with Gasteiger partial charge in [0.1, 0.15) is 11.6 Å². The Balaban J connectivity index is 0.000000527. The number of nitrogens with two attached hydrogens (primary N) is 1. The van der Waals surface area contributed by atoms with Crippen molar-refractivity contribution in [3.8, 4) is 0 Å². The Bertz CT molecular complexity index is 1270. The Morgan fingerprint density at radius 2 is 1.94 bits per heavy atom. The summed E-state index contributed by atoms with van der Waals surface area (Å²) in [6, 6.07) is 3.72. The third kappa shape index (κ3) is 5.33. The highest BCUT2D eigenvalue weighted by Crippen LogP contribution is 2.32. The van der Waals surface area contributed by atoms with Gasteiger partial charge >= 0.3 is 11.8 Å². The number of aryl methyl sites for hydroxylation is 1. The first-order valence-electron chi connectivity index (χ1n) is 11.3. The van der Waals surface area contributed by atoms with E-state index in [-0.39, 0.29) is 37.2 Å². The quantitative estimate of drug-likeness (QED) is 0.570. The number of methoxy groups -OCH3 is 1. The Labute approximate surface area is 199 Å². The maximum Gasteiger partial charge on any atom is 0.404 e. The second-order valence-electron chi connectivity index (χ2n) is 8.63. The molecule has 0 radical (unpaired) electrons. The summed E-state index contributed by atoms with van der Waals surface area (Å²) in [5.74, 6) is -1.44. The van der Waals surface area contributed by atoms with Crippen LogP contribution in [0.4, 0.5) is 31.2 Å². The topological polar surface area (TPSA) is 133 Å². The molecule has 4 heterocycles. The number of nitrogens with zero attached hydrogens (tertiary/aromatic N) is 6. The average molecular weight is 491 g/mol. The van der Waals surface area contributed by atoms with Crippen LogP contribution >= 0.6 is 0 Å². The lowest BCUT2D eigenvalue weighted by Gasteiger charge is -2.16. The predicted octanol–water partition coefficient (Wildman–Crippen LogP) is 2.94. The molecule has 3 aromatic heterocycles. The smallest absolute Gasteiger partial charge is 0.404 e. The summed E-state index contributed by atoms with van der Waals surface area (Å²) in [6.07, 6.45) is 6.53. The summed E-state index contributed by atoms with van der Waals surface area (Å²) >= 11 is 0. The molecule has 3 aromatic rings. The van der Waals surface area contributed by atoms with Crippen molar-refractivity contribution in [3.05, 3.63) is 35.0 Å². The van der Waals surface area contributed by atoms with Crippen LogP contribution in [0.2, 0.25) is 0 Å². The van der Waals surface area contributed by atoms with Crippen molar-refractivity contribution in [2.24, 2.45) is 12.8 Å². The molecule has 35 heavy (non-hydrogen) atoms. The van der Waals surface area contributed by atoms with E-state index >= 15 is 0 Å². The number of amides is 1. The summed E-state index contributed by atoms with van der Waals surface area (Å²) in [5.41, 5.74) is 6.01. The Morgan fingerprint density at radius 1 is 1.23 bits per heavy atom. The van der Waals surface area contributed by atoms with E-state index in [2.05, 4.69) is 30.7 Å². The van der Waals surface area contributed by atoms with Crippen molar-refractivity contribution < 1.29 is 18.3 Å². The molecule has 1 aliphatic carbocycles. The molecule has 5 rings (SSSR count). The zero-order chi connectivity index (χ0) is 25.2. The molecule has 13 heteroatoms. The standard InChI is InChI=1S/C20H23F2N7O.C2H5NO2/c1-27-15-11-24-17(10-14(15)29(19(27)30)13-4-2-3-5-13)25-16-6-8-23-18(26-16)28-9-7-20(21,22)12-28;1-5-2(3)4/h6,8,10-11,13H,2-5,7,9,12H2,1H3,(H,23,24,25,26);1H3,(H2,3,4). The number of rotatable bonds is 4. The number of fused-ring (bicyclic) bond motifs is 1. The molecule has 1 aliphatic heterocycles. The number of halogens is 2. The first-order valence-corrected chi connectivity index (χ1v) is 11.3. The Hall–Kier alpha value is -3.77. The number of carbonyl (C=O) groups excluding carboxylic acids is 1. The fourth-order valence-electron chi connectivity index (χ4n) is 4.45. The number of primary amides is 1. The summed E-state index contributed by atoms with van der Waals surface area (Å²) in [5, 5.41) is 3.13. The zero-order valence-electron chi connectivity index (χ0n) is 19.6. The van der Waals surface area contributed by atoms with Gasteiger partial charge in [0.05, 0.1) is 30.9 Å². The molecule has 1 saturated heterocycles. The fourth-order valence-corrected chi connectivity index (χ4v) is 4.45. The van der Waals surface area contributed by atoms with E-state index in [1.54, 1.807) is 23.9 Å². The summed E-state index contributed by atoms with van der Waals surface area (Å²) < 4.78 is 34.4. The van der Waals surface area contributed by atoms with Crippen LogP contribution in [0.15, 0.2) is 29.3 Å². The van der Waals surface area contributed by atoms with Gasteiger partial charge in [-0.2, -0.15) is 4.98 Å². The van der Waals surface area contributed by atoms with Crippen LogP contribution < -0.4 is 21.6 Å². The highest BCUT2D eigenvalue weighted by atomic mass is 19.3. The molecular formula is C22H28F2N8O3. The summed E-state index contributed by atoms with van der Waals surface area (Å²) in [7, 11) is 2.98. The lowest BCUT2D eigenvalue weighted by molar-refractivity contribution is 0.0256. The van der Waals surface area contributed by atoms with E-state index < -0.39 is 12.0 Å². The van der Waals surface area contributed by atoms with E-state index in [0.29, 0.717) is 11.6 Å². The van der Waals surface area contributed by atoms with E-state index in [0.717, 1.165) is 36.7 Å². The molecule has 0 bridgehead atoms. The highest BCUT2D eigenvalue weighted by Gasteiger charge is 2.39. The fraction of sp³-hybridized carbons (Fsp3) is 0.500. The molecule has 0 aromatic carbocycles. The maximum absolute atomic E-state index is 13.5. The van der Waals surface area contributed by atoms with E-state index in [1.165, 1.54) is 18.2 Å². The normalized spacial score (nSPS) is 17.3. The van der Waals surface area contributed by atoms with E-state index in [9.17, 15) is 18.4 Å². The van der Waals surface area contributed by atoms with Gasteiger partial charge in [-0.1, -0.05) is 12.8 Å². The minimum absolute atomic E-state index is 0.0323. The molecule has 1 amide bonds. The molecule has 1 saturated carbocycles. The van der Waals surface area contributed by atoms with Gasteiger partial charge in [0, 0.05) is 38.3 Å². The van der Waals surface area contributed by atoms with Gasteiger partial charge in [0.15, 0.2) is 0 Å². The lowest BCUT2D eigenvalue weighted by Crippen LogP contribution is -2.26. The first kappa shape index (κ1) is 24.4. The minimum Gasteiger partial charge on any atom is -0.453 e. The summed E-state index contributed by atoms with van der Waals surface area (Å²) in [6.45, 7) is -0.156. The van der Waals surface area contributed by atoms with E-state index in [1.807, 2.05) is 10.6 Å². The average Bonchev–Trinajstić information content (AvgIpc) is 3.54. The van der Waals surface area contributed by atoms with Crippen LogP contribution in [0.3, 0.4) is 0 Å². The van der Waals surface area contributed by atoms with Crippen LogP contribution in [-0.2, 0) is 11.8 Å². The van der Waals surface area contributed by atoms with Crippen LogP contribution in [0.1, 0.15) is 38.1 Å². The molecule has 0 spiro atoms. The van der Waals surface area contributed by atoms with Crippen molar-refractivity contribution in [1.29, 1.82) is 0 Å². The van der Waals surface area contributed by atoms with Gasteiger partial charge in [-0.15, -0.1) is 0 Å². The van der Waals surface area contributed by atoms with Crippen LogP contribution in [0, 0.1) is 0 Å². The predicted molar refractivity (Wildman–Crippen MR) is 126 cm³/mol. The third-order valence-electron chi connectivity index (χ3n) is 6.22. The second kappa shape index (κ2) is 9.84. The van der Waals surface area contributed by atoms with Crippen molar-refractivity contribution in [2.75, 3.05) is 30.4 Å². The lowest BCUT2D eigenvalue weighted by atomic mass is 10.2. The van der Waals surface area contributed by atoms with Gasteiger partial charge in [0.2, 0.25) is 5.95 Å². The molecule has 188 valence electrons. The number of ether oxygens (including phenoxy) is 1. The monoisotopic (exact) mass is 490 g/mol. The number of carbonyl (C=O) groups is 1. The summed E-state index contributed by atoms with van der Waals surface area (Å²) in [4.78, 5) is 36.6. The SMILES string of the molecule is COC(N)=O.Cn1c(=O)n(C2CCCC2)c2cc(Nc3ccnc(N4CCC(F)(F)C4)n3)ncc21. The Morgan fingerprint density at radius 3 is 2.57 bits per heavy atom. The highest BCUT2D eigenvalue weighted by molar-refractivity contribution is 5.79. The van der Waals surface area contributed by atoms with Crippen LogP contribution in [-0.4, -0.2) is 56.3 Å². The Kier molecular flexibility index (Phi) is 6.85. The van der Waals surface area contributed by atoms with Gasteiger partial charge in [-0.05, 0) is 18.9 Å². The van der Waals surface area contributed by atoms with Gasteiger partial charge in [-0.3, -0.25) is 9.13 Å². The molecule has 0 unspecified atom stereocenters. The molecular weight excluding hydrogens is 462 g/mol. The zero-order valence-corrected chi connectivity index (χ0v) is 19.6. The third-order valence-corrected chi connectivity index (χ3v) is 6.22. The van der Waals surface area contributed by atoms with Crippen molar-refractivity contribution in [1.82, 2.24) is 24.1 Å². The maximum atomic E-state index is 13.5. The first-order chi connectivity index (χ1) is 16.7. The van der Waals surface area contributed by atoms with Gasteiger partial charge < -0.3 is 20.7 Å². The number of aromatic nitrogens is 5. The van der Waals surface area contributed by atoms with Crippen molar-refractivity contribution in [2.45, 2.75) is 44.1 Å². The number of anilines is 3. The molecule has 2 fully saturated rings. The molecule has 11 nitrogen and oxygen atoms in total. The van der Waals surface area contributed by atoms with E-state index in [4.69, 9.17) is 0 Å². The minimum atomic E-state index is -2.71. The number of imidazole rings is 1. The van der Waals surface area contributed by atoms with Gasteiger partial charge in [0.25, 0.3) is 5.92 Å². The molecule has 2 aliphatic rings. The van der Waals surface area contributed by atoms with Crippen molar-refractivity contribution >= 4 is 34.7 Å². The number of nitrogens with one attached hydrogen (secondary N) is 1. The van der Waals surface area contributed by atoms with Gasteiger partial charge in [-0.25, -0.2) is 28.3 Å².